The maximum Gasteiger partial charge on any atom is 0.177 e. The van der Waals surface area contributed by atoms with Crippen LogP contribution in [0.5, 0.6) is 0 Å². The number of carbonyl (C=O) groups excluding carboxylic acids is 1. The molecule has 2 aromatic rings. The normalized spacial score (nSPS) is 13.6. The zero-order valence-corrected chi connectivity index (χ0v) is 11.3. The molecule has 0 saturated heterocycles. The van der Waals surface area contributed by atoms with Gasteiger partial charge < -0.3 is 0 Å². The molecule has 0 amide bonds. The van der Waals surface area contributed by atoms with E-state index < -0.39 is 0 Å². The summed E-state index contributed by atoms with van der Waals surface area (Å²) >= 11 is 1.70. The molecule has 1 heterocycles. The van der Waals surface area contributed by atoms with Crippen molar-refractivity contribution in [2.75, 3.05) is 0 Å². The number of rotatable bonds is 3. The molecule has 0 bridgehead atoms. The molecule has 18 heavy (non-hydrogen) atoms. The zero-order chi connectivity index (χ0) is 12.5. The summed E-state index contributed by atoms with van der Waals surface area (Å²) in [5.41, 5.74) is 3.75. The SMILES string of the molecule is Cc1cccc(CC(=O)c2cc3c(s2)CCC3)c1. The van der Waals surface area contributed by atoms with Gasteiger partial charge in [0.2, 0.25) is 0 Å². The fraction of sp³-hybridized carbons (Fsp3) is 0.312. The molecule has 1 nitrogen and oxygen atoms in total. The molecule has 0 saturated carbocycles. The van der Waals surface area contributed by atoms with Crippen molar-refractivity contribution in [3.63, 3.8) is 0 Å². The van der Waals surface area contributed by atoms with Crippen molar-refractivity contribution >= 4 is 17.1 Å². The van der Waals surface area contributed by atoms with Gasteiger partial charge in [-0.25, -0.2) is 0 Å². The van der Waals surface area contributed by atoms with Gasteiger partial charge in [-0.1, -0.05) is 29.8 Å². The molecule has 0 spiro atoms. The lowest BCUT2D eigenvalue weighted by Gasteiger charge is -2.00. The summed E-state index contributed by atoms with van der Waals surface area (Å²) in [7, 11) is 0. The van der Waals surface area contributed by atoms with Gasteiger partial charge in [0.15, 0.2) is 5.78 Å². The van der Waals surface area contributed by atoms with E-state index in [1.54, 1.807) is 11.3 Å². The van der Waals surface area contributed by atoms with Crippen molar-refractivity contribution in [1.82, 2.24) is 0 Å². The quantitative estimate of drug-likeness (QED) is 0.759. The monoisotopic (exact) mass is 256 g/mol. The minimum Gasteiger partial charge on any atom is -0.293 e. The molecule has 2 heteroatoms. The smallest absolute Gasteiger partial charge is 0.177 e. The van der Waals surface area contributed by atoms with Gasteiger partial charge in [-0.15, -0.1) is 11.3 Å². The van der Waals surface area contributed by atoms with Crippen LogP contribution in [0.3, 0.4) is 0 Å². The minimum absolute atomic E-state index is 0.264. The fourth-order valence-electron chi connectivity index (χ4n) is 2.56. The van der Waals surface area contributed by atoms with Gasteiger partial charge in [0.05, 0.1) is 4.88 Å². The number of Topliss-reactive ketones (excluding diaryl/α,β-unsaturated/α-hetero) is 1. The molecule has 1 aromatic heterocycles. The van der Waals surface area contributed by atoms with Crippen LogP contribution >= 0.6 is 11.3 Å². The second-order valence-electron chi connectivity index (χ2n) is 5.00. The Balaban J connectivity index is 1.78. The molecule has 0 unspecified atom stereocenters. The van der Waals surface area contributed by atoms with Gasteiger partial charge in [-0.3, -0.25) is 4.79 Å². The maximum absolute atomic E-state index is 12.2. The van der Waals surface area contributed by atoms with Crippen molar-refractivity contribution in [3.8, 4) is 0 Å². The first-order valence-corrected chi connectivity index (χ1v) is 7.24. The number of aryl methyl sites for hydroxylation is 3. The van der Waals surface area contributed by atoms with Crippen LogP contribution < -0.4 is 0 Å². The predicted molar refractivity (Wildman–Crippen MR) is 75.6 cm³/mol. The molecule has 92 valence electrons. The molecule has 0 N–H and O–H groups in total. The Morgan fingerprint density at radius 2 is 2.17 bits per heavy atom. The molecule has 3 rings (SSSR count). The van der Waals surface area contributed by atoms with Gasteiger partial charge in [0, 0.05) is 11.3 Å². The number of fused-ring (bicyclic) bond motifs is 1. The molecular formula is C16H16OS. The zero-order valence-electron chi connectivity index (χ0n) is 10.5. The van der Waals surface area contributed by atoms with E-state index in [0.717, 1.165) is 23.3 Å². The van der Waals surface area contributed by atoms with Gasteiger partial charge >= 0.3 is 0 Å². The Morgan fingerprint density at radius 3 is 2.94 bits per heavy atom. The third-order valence-corrected chi connectivity index (χ3v) is 4.75. The van der Waals surface area contributed by atoms with Crippen LogP contribution in [0, 0.1) is 6.92 Å². The van der Waals surface area contributed by atoms with Crippen LogP contribution in [0.1, 0.15) is 37.7 Å². The molecule has 0 atom stereocenters. The third-order valence-electron chi connectivity index (χ3n) is 3.47. The van der Waals surface area contributed by atoms with E-state index in [-0.39, 0.29) is 5.78 Å². The highest BCUT2D eigenvalue weighted by molar-refractivity contribution is 7.14. The van der Waals surface area contributed by atoms with Crippen LogP contribution in [-0.4, -0.2) is 5.78 Å². The summed E-state index contributed by atoms with van der Waals surface area (Å²) in [6, 6.07) is 10.3. The van der Waals surface area contributed by atoms with Gasteiger partial charge in [-0.2, -0.15) is 0 Å². The van der Waals surface area contributed by atoms with Gasteiger partial charge in [0.25, 0.3) is 0 Å². The second kappa shape index (κ2) is 4.69. The van der Waals surface area contributed by atoms with E-state index >= 15 is 0 Å². The summed E-state index contributed by atoms with van der Waals surface area (Å²) < 4.78 is 0. The highest BCUT2D eigenvalue weighted by Crippen LogP contribution is 2.31. The molecular weight excluding hydrogens is 240 g/mol. The van der Waals surface area contributed by atoms with E-state index in [9.17, 15) is 4.79 Å². The van der Waals surface area contributed by atoms with Crippen LogP contribution in [-0.2, 0) is 19.3 Å². The molecule has 1 aliphatic carbocycles. The fourth-order valence-corrected chi connectivity index (χ4v) is 3.75. The Bertz CT molecular complexity index is 573. The van der Waals surface area contributed by atoms with E-state index in [1.165, 1.54) is 22.4 Å². The topological polar surface area (TPSA) is 17.1 Å². The Kier molecular flexibility index (Phi) is 3.04. The molecule has 0 aliphatic heterocycles. The van der Waals surface area contributed by atoms with Crippen LogP contribution in [0.4, 0.5) is 0 Å². The first kappa shape index (κ1) is 11.7. The number of carbonyl (C=O) groups is 1. The Labute approximate surface area is 111 Å². The second-order valence-corrected chi connectivity index (χ2v) is 6.14. The van der Waals surface area contributed by atoms with Crippen LogP contribution in [0.25, 0.3) is 0 Å². The number of thiophene rings is 1. The van der Waals surface area contributed by atoms with Crippen LogP contribution in [0.15, 0.2) is 30.3 Å². The Hall–Kier alpha value is -1.41. The van der Waals surface area contributed by atoms with Crippen molar-refractivity contribution in [2.45, 2.75) is 32.6 Å². The highest BCUT2D eigenvalue weighted by atomic mass is 32.1. The number of hydrogen-bond donors (Lipinski definition) is 0. The summed E-state index contributed by atoms with van der Waals surface area (Å²) in [6.07, 6.45) is 4.11. The van der Waals surface area contributed by atoms with Gasteiger partial charge in [-0.05, 0) is 43.4 Å². The maximum atomic E-state index is 12.2. The largest absolute Gasteiger partial charge is 0.293 e. The lowest BCUT2D eigenvalue weighted by atomic mass is 10.1. The first-order valence-electron chi connectivity index (χ1n) is 6.43. The van der Waals surface area contributed by atoms with E-state index in [4.69, 9.17) is 0 Å². The molecule has 1 aromatic carbocycles. The lowest BCUT2D eigenvalue weighted by Crippen LogP contribution is -2.01. The number of ketones is 1. The minimum atomic E-state index is 0.264. The van der Waals surface area contributed by atoms with Crippen molar-refractivity contribution < 1.29 is 4.79 Å². The standard InChI is InChI=1S/C16H16OS/c1-11-4-2-5-12(8-11)9-14(17)16-10-13-6-3-7-15(13)18-16/h2,4-5,8,10H,3,6-7,9H2,1H3. The third kappa shape index (κ3) is 2.25. The van der Waals surface area contributed by atoms with E-state index in [2.05, 4.69) is 25.1 Å². The Morgan fingerprint density at radius 1 is 1.28 bits per heavy atom. The van der Waals surface area contributed by atoms with E-state index in [0.29, 0.717) is 6.42 Å². The van der Waals surface area contributed by atoms with Crippen molar-refractivity contribution in [2.24, 2.45) is 0 Å². The first-order chi connectivity index (χ1) is 8.72. The lowest BCUT2D eigenvalue weighted by molar-refractivity contribution is 0.0997. The predicted octanol–water partition coefficient (Wildman–Crippen LogP) is 3.97. The molecule has 1 aliphatic rings. The van der Waals surface area contributed by atoms with Crippen molar-refractivity contribution in [1.29, 1.82) is 0 Å². The molecule has 0 fully saturated rings. The molecule has 0 radical (unpaired) electrons. The average Bonchev–Trinajstić information content (AvgIpc) is 2.88. The van der Waals surface area contributed by atoms with Crippen LogP contribution in [0.2, 0.25) is 0 Å². The van der Waals surface area contributed by atoms with Gasteiger partial charge in [0.1, 0.15) is 0 Å². The summed E-state index contributed by atoms with van der Waals surface area (Å²) in [5, 5.41) is 0. The summed E-state index contributed by atoms with van der Waals surface area (Å²) in [4.78, 5) is 14.6. The van der Waals surface area contributed by atoms with E-state index in [1.807, 2.05) is 12.1 Å². The number of benzene rings is 1. The van der Waals surface area contributed by atoms with Crippen molar-refractivity contribution in [3.05, 3.63) is 56.8 Å². The number of hydrogen-bond acceptors (Lipinski definition) is 2. The average molecular weight is 256 g/mol. The summed E-state index contributed by atoms with van der Waals surface area (Å²) in [5.74, 6) is 0.264. The highest BCUT2D eigenvalue weighted by Gasteiger charge is 2.18. The summed E-state index contributed by atoms with van der Waals surface area (Å²) in [6.45, 7) is 2.06.